The SMILES string of the molecule is O=C(C1CCCc2nn(Cc3ncc(F)cc3Cl)c(=O)n21)N1CCCC1. The van der Waals surface area contributed by atoms with E-state index in [-0.39, 0.29) is 23.2 Å². The summed E-state index contributed by atoms with van der Waals surface area (Å²) in [6.07, 6.45) is 5.18. The molecule has 2 aliphatic heterocycles. The Hall–Kier alpha value is -2.22. The minimum Gasteiger partial charge on any atom is -0.341 e. The van der Waals surface area contributed by atoms with Gasteiger partial charge in [0.05, 0.1) is 23.5 Å². The minimum absolute atomic E-state index is 0.00281. The Bertz CT molecular complexity index is 903. The fraction of sp³-hybridized carbons (Fsp3) is 0.529. The number of pyridine rings is 1. The largest absolute Gasteiger partial charge is 0.347 e. The summed E-state index contributed by atoms with van der Waals surface area (Å²) in [6, 6.07) is 0.666. The second-order valence-corrected chi connectivity index (χ2v) is 7.16. The van der Waals surface area contributed by atoms with Crippen LogP contribution in [0.4, 0.5) is 4.39 Å². The number of hydrogen-bond acceptors (Lipinski definition) is 4. The molecular weight excluding hydrogens is 361 g/mol. The Morgan fingerprint density at radius 2 is 2.08 bits per heavy atom. The number of hydrogen-bond donors (Lipinski definition) is 0. The van der Waals surface area contributed by atoms with E-state index in [1.165, 1.54) is 9.25 Å². The van der Waals surface area contributed by atoms with Crippen LogP contribution < -0.4 is 5.69 Å². The van der Waals surface area contributed by atoms with Crippen molar-refractivity contribution in [1.82, 2.24) is 24.2 Å². The molecule has 2 aromatic heterocycles. The Morgan fingerprint density at radius 3 is 2.81 bits per heavy atom. The van der Waals surface area contributed by atoms with E-state index in [1.54, 1.807) is 0 Å². The zero-order valence-electron chi connectivity index (χ0n) is 14.2. The second-order valence-electron chi connectivity index (χ2n) is 6.75. The summed E-state index contributed by atoms with van der Waals surface area (Å²) >= 11 is 6.01. The maximum absolute atomic E-state index is 13.2. The second kappa shape index (κ2) is 6.83. The maximum atomic E-state index is 13.2. The van der Waals surface area contributed by atoms with Crippen LogP contribution in [0.15, 0.2) is 17.1 Å². The van der Waals surface area contributed by atoms with Crippen molar-refractivity contribution in [3.8, 4) is 0 Å². The number of amides is 1. The summed E-state index contributed by atoms with van der Waals surface area (Å²) in [5.41, 5.74) is 0.0208. The summed E-state index contributed by atoms with van der Waals surface area (Å²) in [5, 5.41) is 4.52. The fourth-order valence-electron chi connectivity index (χ4n) is 3.72. The highest BCUT2D eigenvalue weighted by Crippen LogP contribution is 2.25. The lowest BCUT2D eigenvalue weighted by Crippen LogP contribution is -2.41. The van der Waals surface area contributed by atoms with Crippen molar-refractivity contribution in [3.05, 3.63) is 45.1 Å². The number of rotatable bonds is 3. The lowest BCUT2D eigenvalue weighted by molar-refractivity contribution is -0.134. The van der Waals surface area contributed by atoms with Gasteiger partial charge in [-0.2, -0.15) is 5.10 Å². The molecule has 0 bridgehead atoms. The molecule has 0 N–H and O–H groups in total. The molecule has 0 aromatic carbocycles. The van der Waals surface area contributed by atoms with Crippen LogP contribution in [0.25, 0.3) is 0 Å². The molecule has 0 spiro atoms. The lowest BCUT2D eigenvalue weighted by atomic mass is 10.0. The first-order valence-electron chi connectivity index (χ1n) is 8.81. The predicted molar refractivity (Wildman–Crippen MR) is 92.6 cm³/mol. The Labute approximate surface area is 154 Å². The molecule has 1 atom stereocenters. The normalized spacial score (nSPS) is 19.6. The van der Waals surface area contributed by atoms with Gasteiger partial charge in [-0.05, 0) is 31.7 Å². The smallest absolute Gasteiger partial charge is 0.341 e. The number of carbonyl (C=O) groups excluding carboxylic acids is 1. The summed E-state index contributed by atoms with van der Waals surface area (Å²) < 4.78 is 15.9. The van der Waals surface area contributed by atoms with Crippen molar-refractivity contribution in [2.75, 3.05) is 13.1 Å². The standard InChI is InChI=1S/C17H19ClFN5O2/c18-12-8-11(19)9-20-13(12)10-23-17(26)24-14(4-3-5-15(24)21-23)16(25)22-6-1-2-7-22/h8-9,14H,1-7,10H2. The van der Waals surface area contributed by atoms with Gasteiger partial charge in [-0.15, -0.1) is 0 Å². The molecule has 138 valence electrons. The maximum Gasteiger partial charge on any atom is 0.347 e. The van der Waals surface area contributed by atoms with Crippen LogP contribution >= 0.6 is 11.6 Å². The van der Waals surface area contributed by atoms with Crippen LogP contribution in [-0.2, 0) is 17.8 Å². The Kier molecular flexibility index (Phi) is 4.52. The van der Waals surface area contributed by atoms with Gasteiger partial charge in [0, 0.05) is 19.5 Å². The van der Waals surface area contributed by atoms with Gasteiger partial charge in [-0.3, -0.25) is 14.3 Å². The van der Waals surface area contributed by atoms with Gasteiger partial charge in [0.1, 0.15) is 17.7 Å². The summed E-state index contributed by atoms with van der Waals surface area (Å²) in [5.74, 6) is 0.0755. The molecule has 4 heterocycles. The highest BCUT2D eigenvalue weighted by molar-refractivity contribution is 6.31. The highest BCUT2D eigenvalue weighted by Gasteiger charge is 2.34. The molecular formula is C17H19ClFN5O2. The van der Waals surface area contributed by atoms with Crippen LogP contribution in [0.1, 0.15) is 43.2 Å². The number of aromatic nitrogens is 4. The molecule has 1 unspecified atom stereocenters. The average Bonchev–Trinajstić information content (AvgIpc) is 3.26. The number of carbonyl (C=O) groups is 1. The molecule has 0 saturated carbocycles. The molecule has 9 heteroatoms. The summed E-state index contributed by atoms with van der Waals surface area (Å²) in [7, 11) is 0. The first-order valence-corrected chi connectivity index (χ1v) is 9.19. The van der Waals surface area contributed by atoms with E-state index in [9.17, 15) is 14.0 Å². The third-order valence-electron chi connectivity index (χ3n) is 5.02. The third kappa shape index (κ3) is 3.02. The average molecular weight is 380 g/mol. The van der Waals surface area contributed by atoms with E-state index in [0.717, 1.165) is 44.6 Å². The first-order chi connectivity index (χ1) is 12.5. The van der Waals surface area contributed by atoms with E-state index in [1.807, 2.05) is 4.90 Å². The number of fused-ring (bicyclic) bond motifs is 1. The lowest BCUT2D eigenvalue weighted by Gasteiger charge is -2.27. The van der Waals surface area contributed by atoms with Gasteiger partial charge in [0.15, 0.2) is 0 Å². The van der Waals surface area contributed by atoms with Crippen LogP contribution in [0.5, 0.6) is 0 Å². The van der Waals surface area contributed by atoms with Gasteiger partial charge in [-0.25, -0.2) is 13.9 Å². The van der Waals surface area contributed by atoms with Gasteiger partial charge >= 0.3 is 5.69 Å². The highest BCUT2D eigenvalue weighted by atomic mass is 35.5. The van der Waals surface area contributed by atoms with Crippen LogP contribution in [-0.4, -0.2) is 43.2 Å². The summed E-state index contributed by atoms with van der Waals surface area (Å²) in [4.78, 5) is 31.5. The van der Waals surface area contributed by atoms with Crippen molar-refractivity contribution in [3.63, 3.8) is 0 Å². The number of likely N-dealkylation sites (tertiary alicyclic amines) is 1. The Morgan fingerprint density at radius 1 is 1.31 bits per heavy atom. The molecule has 2 aliphatic rings. The number of halogens is 2. The van der Waals surface area contributed by atoms with Gasteiger partial charge < -0.3 is 4.90 Å². The van der Waals surface area contributed by atoms with E-state index in [0.29, 0.717) is 24.4 Å². The van der Waals surface area contributed by atoms with Gasteiger partial charge in [-0.1, -0.05) is 11.6 Å². The van der Waals surface area contributed by atoms with E-state index >= 15 is 0 Å². The molecule has 1 saturated heterocycles. The van der Waals surface area contributed by atoms with Crippen LogP contribution in [0.3, 0.4) is 0 Å². The van der Waals surface area contributed by atoms with Crippen molar-refractivity contribution in [2.45, 2.75) is 44.7 Å². The van der Waals surface area contributed by atoms with Crippen molar-refractivity contribution in [1.29, 1.82) is 0 Å². The van der Waals surface area contributed by atoms with Crippen molar-refractivity contribution in [2.24, 2.45) is 0 Å². The molecule has 2 aromatic rings. The van der Waals surface area contributed by atoms with Crippen molar-refractivity contribution >= 4 is 17.5 Å². The van der Waals surface area contributed by atoms with Gasteiger partial charge in [0.2, 0.25) is 5.91 Å². The zero-order chi connectivity index (χ0) is 18.3. The molecule has 4 rings (SSSR count). The van der Waals surface area contributed by atoms with Gasteiger partial charge in [0.25, 0.3) is 0 Å². The zero-order valence-corrected chi connectivity index (χ0v) is 15.0. The van der Waals surface area contributed by atoms with E-state index in [2.05, 4.69) is 10.1 Å². The van der Waals surface area contributed by atoms with Crippen LogP contribution in [0, 0.1) is 5.82 Å². The topological polar surface area (TPSA) is 73.0 Å². The fourth-order valence-corrected chi connectivity index (χ4v) is 3.93. The molecule has 0 radical (unpaired) electrons. The molecule has 26 heavy (non-hydrogen) atoms. The number of nitrogens with zero attached hydrogens (tertiary/aromatic N) is 5. The molecule has 7 nitrogen and oxygen atoms in total. The molecule has 1 fully saturated rings. The van der Waals surface area contributed by atoms with E-state index < -0.39 is 11.9 Å². The minimum atomic E-state index is -0.536. The predicted octanol–water partition coefficient (Wildman–Crippen LogP) is 1.78. The monoisotopic (exact) mass is 379 g/mol. The third-order valence-corrected chi connectivity index (χ3v) is 5.34. The molecule has 0 aliphatic carbocycles. The van der Waals surface area contributed by atoms with Crippen LogP contribution in [0.2, 0.25) is 5.02 Å². The first kappa shape index (κ1) is 17.2. The van der Waals surface area contributed by atoms with Crippen molar-refractivity contribution < 1.29 is 9.18 Å². The molecule has 1 amide bonds. The number of aryl methyl sites for hydroxylation is 1. The quantitative estimate of drug-likeness (QED) is 0.814. The van der Waals surface area contributed by atoms with E-state index in [4.69, 9.17) is 11.6 Å². The summed E-state index contributed by atoms with van der Waals surface area (Å²) in [6.45, 7) is 1.55. The Balaban J connectivity index is 1.65.